The first-order valence-corrected chi connectivity index (χ1v) is 9.50. The Kier molecular flexibility index (Phi) is 8.43. The first kappa shape index (κ1) is 22.2. The van der Waals surface area contributed by atoms with Crippen molar-refractivity contribution >= 4 is 35.5 Å². The van der Waals surface area contributed by atoms with Crippen LogP contribution in [0.4, 0.5) is 0 Å². The number of nitrogens with one attached hydrogen (secondary N) is 2. The lowest BCUT2D eigenvalue weighted by molar-refractivity contribution is -0.157. The van der Waals surface area contributed by atoms with Gasteiger partial charge in [0.2, 0.25) is 5.91 Å². The topological polar surface area (TPSA) is 84.5 Å². The molecule has 2 aromatic carbocycles. The van der Waals surface area contributed by atoms with Crippen LogP contribution in [0.3, 0.4) is 0 Å². The number of hydrogen-bond donors (Lipinski definition) is 2. The Morgan fingerprint density at radius 2 is 1.69 bits per heavy atom. The van der Waals surface area contributed by atoms with E-state index in [1.165, 1.54) is 19.9 Å². The van der Waals surface area contributed by atoms with E-state index in [0.29, 0.717) is 5.02 Å². The highest BCUT2D eigenvalue weighted by molar-refractivity contribution is 6.31. The summed E-state index contributed by atoms with van der Waals surface area (Å²) in [6, 6.07) is 15.5. The summed E-state index contributed by atoms with van der Waals surface area (Å²) in [6.45, 7) is 3.17. The highest BCUT2D eigenvalue weighted by Crippen LogP contribution is 2.14. The molecule has 0 bridgehead atoms. The highest BCUT2D eigenvalue weighted by atomic mass is 35.5. The maximum atomic E-state index is 12.1. The fourth-order valence-electron chi connectivity index (χ4n) is 2.35. The summed E-state index contributed by atoms with van der Waals surface area (Å²) in [5.41, 5.74) is 1.62. The second-order valence-corrected chi connectivity index (χ2v) is 6.77. The van der Waals surface area contributed by atoms with Crippen LogP contribution >= 0.6 is 11.6 Å². The zero-order valence-corrected chi connectivity index (χ0v) is 17.0. The van der Waals surface area contributed by atoms with Crippen LogP contribution in [-0.2, 0) is 25.7 Å². The molecule has 2 atom stereocenters. The summed E-state index contributed by atoms with van der Waals surface area (Å²) in [5, 5.41) is 5.71. The standard InChI is InChI=1S/C22H23ClN2O4/c1-15(25-20(26)13-12-17-8-4-3-5-9-17)22(28)29-16(2)21(27)24-14-18-10-6-7-11-19(18)23/h3-13,15-16H,14H2,1-2H3,(H,24,27)(H,25,26)/b13-12+/t15-,16-/m0/s1. The third kappa shape index (κ3) is 7.43. The van der Waals surface area contributed by atoms with Gasteiger partial charge in [0.1, 0.15) is 6.04 Å². The molecule has 0 aliphatic heterocycles. The van der Waals surface area contributed by atoms with Crippen LogP contribution in [0.5, 0.6) is 0 Å². The van der Waals surface area contributed by atoms with Crippen molar-refractivity contribution in [3.8, 4) is 0 Å². The zero-order valence-electron chi connectivity index (χ0n) is 16.2. The van der Waals surface area contributed by atoms with Crippen LogP contribution in [0.15, 0.2) is 60.7 Å². The number of hydrogen-bond acceptors (Lipinski definition) is 4. The van der Waals surface area contributed by atoms with Gasteiger partial charge in [-0.2, -0.15) is 0 Å². The van der Waals surface area contributed by atoms with Crippen molar-refractivity contribution in [3.63, 3.8) is 0 Å². The van der Waals surface area contributed by atoms with Crippen LogP contribution < -0.4 is 10.6 Å². The van der Waals surface area contributed by atoms with E-state index in [0.717, 1.165) is 11.1 Å². The van der Waals surface area contributed by atoms with Gasteiger partial charge in [-0.15, -0.1) is 0 Å². The molecule has 0 fully saturated rings. The molecule has 0 saturated heterocycles. The van der Waals surface area contributed by atoms with Crippen molar-refractivity contribution in [1.82, 2.24) is 10.6 Å². The Morgan fingerprint density at radius 3 is 2.38 bits per heavy atom. The summed E-state index contributed by atoms with van der Waals surface area (Å²) < 4.78 is 5.13. The van der Waals surface area contributed by atoms with Gasteiger partial charge in [-0.25, -0.2) is 4.79 Å². The van der Waals surface area contributed by atoms with E-state index in [4.69, 9.17) is 16.3 Å². The van der Waals surface area contributed by atoms with E-state index < -0.39 is 29.9 Å². The molecule has 7 heteroatoms. The third-order valence-corrected chi connectivity index (χ3v) is 4.38. The average molecular weight is 415 g/mol. The Balaban J connectivity index is 1.78. The molecule has 0 saturated carbocycles. The molecule has 0 heterocycles. The van der Waals surface area contributed by atoms with Crippen molar-refractivity contribution in [2.24, 2.45) is 0 Å². The van der Waals surface area contributed by atoms with Gasteiger partial charge < -0.3 is 15.4 Å². The molecule has 0 aromatic heterocycles. The lowest BCUT2D eigenvalue weighted by Gasteiger charge is -2.17. The van der Waals surface area contributed by atoms with Gasteiger partial charge >= 0.3 is 5.97 Å². The van der Waals surface area contributed by atoms with E-state index in [1.54, 1.807) is 24.3 Å². The molecule has 2 N–H and O–H groups in total. The Bertz CT molecular complexity index is 883. The molecule has 0 aliphatic carbocycles. The molecular weight excluding hydrogens is 392 g/mol. The summed E-state index contributed by atoms with van der Waals surface area (Å²) in [4.78, 5) is 36.2. The maximum absolute atomic E-state index is 12.1. The summed E-state index contributed by atoms with van der Waals surface area (Å²) in [7, 11) is 0. The highest BCUT2D eigenvalue weighted by Gasteiger charge is 2.22. The number of esters is 1. The second-order valence-electron chi connectivity index (χ2n) is 6.36. The number of rotatable bonds is 8. The average Bonchev–Trinajstić information content (AvgIpc) is 2.72. The molecule has 2 rings (SSSR count). The summed E-state index contributed by atoms with van der Waals surface area (Å²) >= 11 is 6.04. The number of carbonyl (C=O) groups excluding carboxylic acids is 3. The van der Waals surface area contributed by atoms with Gasteiger partial charge in [-0.1, -0.05) is 60.1 Å². The molecule has 2 aromatic rings. The van der Waals surface area contributed by atoms with Gasteiger partial charge in [0.15, 0.2) is 6.10 Å². The quantitative estimate of drug-likeness (QED) is 0.513. The SMILES string of the molecule is C[C@H](NC(=O)/C=C/c1ccccc1)C(=O)O[C@@H](C)C(=O)NCc1ccccc1Cl. The van der Waals surface area contributed by atoms with E-state index >= 15 is 0 Å². The van der Waals surface area contributed by atoms with Gasteiger partial charge in [0.05, 0.1) is 0 Å². The first-order valence-electron chi connectivity index (χ1n) is 9.12. The molecule has 6 nitrogen and oxygen atoms in total. The summed E-state index contributed by atoms with van der Waals surface area (Å²) in [6.07, 6.45) is 1.96. The molecule has 0 radical (unpaired) electrons. The van der Waals surface area contributed by atoms with Crippen molar-refractivity contribution in [2.45, 2.75) is 32.5 Å². The summed E-state index contributed by atoms with van der Waals surface area (Å²) in [5.74, 6) is -1.60. The second kappa shape index (κ2) is 11.0. The van der Waals surface area contributed by atoms with Crippen molar-refractivity contribution in [1.29, 1.82) is 0 Å². The molecule has 152 valence electrons. The lowest BCUT2D eigenvalue weighted by Crippen LogP contribution is -2.43. The van der Waals surface area contributed by atoms with Crippen molar-refractivity contribution in [3.05, 3.63) is 76.8 Å². The molecule has 0 spiro atoms. The number of amides is 2. The van der Waals surface area contributed by atoms with Crippen molar-refractivity contribution < 1.29 is 19.1 Å². The van der Waals surface area contributed by atoms with Gasteiger partial charge in [0.25, 0.3) is 5.91 Å². The minimum atomic E-state index is -1.01. The number of benzene rings is 2. The van der Waals surface area contributed by atoms with Gasteiger partial charge in [-0.05, 0) is 37.1 Å². The van der Waals surface area contributed by atoms with E-state index in [2.05, 4.69) is 10.6 Å². The number of halogens is 1. The lowest BCUT2D eigenvalue weighted by atomic mass is 10.2. The third-order valence-electron chi connectivity index (χ3n) is 4.01. The van der Waals surface area contributed by atoms with Crippen LogP contribution in [0.1, 0.15) is 25.0 Å². The Morgan fingerprint density at radius 1 is 1.03 bits per heavy atom. The van der Waals surface area contributed by atoms with Crippen LogP contribution in [-0.4, -0.2) is 29.9 Å². The maximum Gasteiger partial charge on any atom is 0.329 e. The Labute approximate surface area is 174 Å². The van der Waals surface area contributed by atoms with E-state index in [1.807, 2.05) is 36.4 Å². The van der Waals surface area contributed by atoms with Crippen molar-refractivity contribution in [2.75, 3.05) is 0 Å². The molecule has 29 heavy (non-hydrogen) atoms. The van der Waals surface area contributed by atoms with Gasteiger partial charge in [-0.3, -0.25) is 9.59 Å². The smallest absolute Gasteiger partial charge is 0.329 e. The van der Waals surface area contributed by atoms with Crippen LogP contribution in [0.2, 0.25) is 5.02 Å². The van der Waals surface area contributed by atoms with Crippen LogP contribution in [0.25, 0.3) is 6.08 Å². The minimum Gasteiger partial charge on any atom is -0.451 e. The molecule has 0 aliphatic rings. The van der Waals surface area contributed by atoms with Crippen LogP contribution in [0, 0.1) is 0 Å². The van der Waals surface area contributed by atoms with E-state index in [-0.39, 0.29) is 6.54 Å². The fourth-order valence-corrected chi connectivity index (χ4v) is 2.56. The Hall–Kier alpha value is -3.12. The fraction of sp³-hybridized carbons (Fsp3) is 0.227. The van der Waals surface area contributed by atoms with Gasteiger partial charge in [0, 0.05) is 17.6 Å². The molecule has 0 unspecified atom stereocenters. The van der Waals surface area contributed by atoms with E-state index in [9.17, 15) is 14.4 Å². The normalized spacial score (nSPS) is 12.8. The predicted octanol–water partition coefficient (Wildman–Crippen LogP) is 3.11. The largest absolute Gasteiger partial charge is 0.451 e. The first-order chi connectivity index (χ1) is 13.9. The predicted molar refractivity (Wildman–Crippen MR) is 112 cm³/mol. The zero-order chi connectivity index (χ0) is 21.2. The minimum absolute atomic E-state index is 0.219. The monoisotopic (exact) mass is 414 g/mol. The number of ether oxygens (including phenoxy) is 1. The molecular formula is C22H23ClN2O4. The number of carbonyl (C=O) groups is 3. The molecule has 2 amide bonds.